The normalized spacial score (nSPS) is 12.3. The van der Waals surface area contributed by atoms with Crippen LogP contribution < -0.4 is 14.8 Å². The van der Waals surface area contributed by atoms with Crippen LogP contribution in [0.3, 0.4) is 0 Å². The molecule has 7 nitrogen and oxygen atoms in total. The van der Waals surface area contributed by atoms with Crippen LogP contribution in [-0.4, -0.2) is 47.0 Å². The Morgan fingerprint density at radius 2 is 1.67 bits per heavy atom. The highest BCUT2D eigenvalue weighted by atomic mass is 32.2. The lowest BCUT2D eigenvalue weighted by molar-refractivity contribution is 0.0941. The van der Waals surface area contributed by atoms with Gasteiger partial charge >= 0.3 is 0 Å². The van der Waals surface area contributed by atoms with Crippen molar-refractivity contribution in [3.05, 3.63) is 89.5 Å². The lowest BCUT2D eigenvalue weighted by atomic mass is 10.1. The Labute approximate surface area is 195 Å². The molecular weight excluding hydrogens is 438 g/mol. The Morgan fingerprint density at radius 1 is 1.00 bits per heavy atom. The van der Waals surface area contributed by atoms with Crippen LogP contribution in [0.1, 0.15) is 27.5 Å². The minimum Gasteiger partial charge on any atom is -0.497 e. The van der Waals surface area contributed by atoms with Gasteiger partial charge in [-0.05, 0) is 69.0 Å². The number of benzene rings is 3. The molecule has 0 bridgehead atoms. The molecule has 3 aromatic rings. The maximum Gasteiger partial charge on any atom is 0.261 e. The average Bonchev–Trinajstić information content (AvgIpc) is 2.80. The Kier molecular flexibility index (Phi) is 7.73. The first-order valence-corrected chi connectivity index (χ1v) is 12.0. The van der Waals surface area contributed by atoms with Crippen LogP contribution in [0.2, 0.25) is 0 Å². The molecule has 8 heteroatoms. The van der Waals surface area contributed by atoms with Crippen LogP contribution in [0.4, 0.5) is 5.69 Å². The number of sulfonamides is 1. The molecule has 0 saturated carbocycles. The summed E-state index contributed by atoms with van der Waals surface area (Å²) in [4.78, 5) is 14.8. The number of carbonyl (C=O) groups excluding carboxylic acids is 1. The van der Waals surface area contributed by atoms with Crippen LogP contribution in [0.5, 0.6) is 5.75 Å². The highest BCUT2D eigenvalue weighted by Gasteiger charge is 2.19. The molecule has 1 atom stereocenters. The van der Waals surface area contributed by atoms with Gasteiger partial charge in [0.15, 0.2) is 0 Å². The van der Waals surface area contributed by atoms with Gasteiger partial charge in [-0.25, -0.2) is 8.42 Å². The molecule has 3 aromatic carbocycles. The van der Waals surface area contributed by atoms with Gasteiger partial charge in [-0.1, -0.05) is 35.9 Å². The van der Waals surface area contributed by atoms with Crippen molar-refractivity contribution < 1.29 is 17.9 Å². The zero-order valence-corrected chi connectivity index (χ0v) is 20.0. The third kappa shape index (κ3) is 6.34. The third-order valence-corrected chi connectivity index (χ3v) is 6.67. The lowest BCUT2D eigenvalue weighted by Gasteiger charge is -2.25. The number of hydrogen-bond donors (Lipinski definition) is 2. The van der Waals surface area contributed by atoms with Crippen molar-refractivity contribution in [3.8, 4) is 5.75 Å². The van der Waals surface area contributed by atoms with E-state index in [1.54, 1.807) is 31.4 Å². The monoisotopic (exact) mass is 467 g/mol. The quantitative estimate of drug-likeness (QED) is 0.499. The van der Waals surface area contributed by atoms with E-state index in [1.807, 2.05) is 62.3 Å². The second-order valence-corrected chi connectivity index (χ2v) is 9.64. The zero-order valence-electron chi connectivity index (χ0n) is 19.2. The summed E-state index contributed by atoms with van der Waals surface area (Å²) < 4.78 is 33.3. The standard InChI is InChI=1S/C25H29N3O4S/c1-18-8-12-21(13-9-18)27-33(30,31)23-7-5-6-20(16-23)25(29)26-17-24(28(2)3)19-10-14-22(32-4)15-11-19/h5-16,24,27H,17H2,1-4H3,(H,26,29)/t24-/m0/s1. The van der Waals surface area contributed by atoms with Gasteiger partial charge in [-0.15, -0.1) is 0 Å². The molecule has 1 amide bonds. The molecule has 2 N–H and O–H groups in total. The minimum absolute atomic E-state index is 0.0232. The number of methoxy groups -OCH3 is 1. The van der Waals surface area contributed by atoms with Gasteiger partial charge < -0.3 is 15.0 Å². The molecule has 3 rings (SSSR count). The molecule has 0 saturated heterocycles. The zero-order chi connectivity index (χ0) is 24.0. The van der Waals surface area contributed by atoms with Crippen LogP contribution in [-0.2, 0) is 10.0 Å². The molecule has 0 spiro atoms. The number of anilines is 1. The van der Waals surface area contributed by atoms with Gasteiger partial charge in [0.05, 0.1) is 18.0 Å². The summed E-state index contributed by atoms with van der Waals surface area (Å²) in [5.41, 5.74) is 2.79. The Morgan fingerprint density at radius 3 is 2.27 bits per heavy atom. The summed E-state index contributed by atoms with van der Waals surface area (Å²) in [6, 6.07) is 20.7. The molecule has 33 heavy (non-hydrogen) atoms. The fraction of sp³-hybridized carbons (Fsp3) is 0.240. The SMILES string of the molecule is COc1ccc([C@H](CNC(=O)c2cccc(S(=O)(=O)Nc3ccc(C)cc3)c2)N(C)C)cc1. The van der Waals surface area contributed by atoms with Gasteiger partial charge in [0.25, 0.3) is 15.9 Å². The fourth-order valence-corrected chi connectivity index (χ4v) is 4.46. The van der Waals surface area contributed by atoms with E-state index < -0.39 is 10.0 Å². The first-order chi connectivity index (χ1) is 15.7. The summed E-state index contributed by atoms with van der Waals surface area (Å²) in [6.07, 6.45) is 0. The molecule has 174 valence electrons. The highest BCUT2D eigenvalue weighted by Crippen LogP contribution is 2.21. The molecule has 0 heterocycles. The van der Waals surface area contributed by atoms with Crippen LogP contribution in [0.15, 0.2) is 77.7 Å². The first-order valence-electron chi connectivity index (χ1n) is 10.5. The summed E-state index contributed by atoms with van der Waals surface area (Å²) in [6.45, 7) is 2.28. The van der Waals surface area contributed by atoms with Gasteiger partial charge in [0, 0.05) is 17.8 Å². The second kappa shape index (κ2) is 10.5. The van der Waals surface area contributed by atoms with E-state index in [0.29, 0.717) is 12.2 Å². The largest absolute Gasteiger partial charge is 0.497 e. The predicted octanol–water partition coefficient (Wildman–Crippen LogP) is 3.84. The number of rotatable bonds is 9. The summed E-state index contributed by atoms with van der Waals surface area (Å²) >= 11 is 0. The highest BCUT2D eigenvalue weighted by molar-refractivity contribution is 7.92. The Hall–Kier alpha value is -3.36. The van der Waals surface area contributed by atoms with Crippen molar-refractivity contribution in [1.82, 2.24) is 10.2 Å². The van der Waals surface area contributed by atoms with Gasteiger partial charge in [0.1, 0.15) is 5.75 Å². The number of nitrogens with zero attached hydrogens (tertiary/aromatic N) is 1. The van der Waals surface area contributed by atoms with Crippen LogP contribution in [0.25, 0.3) is 0 Å². The van der Waals surface area contributed by atoms with Gasteiger partial charge in [-0.2, -0.15) is 0 Å². The molecule has 0 aliphatic rings. The smallest absolute Gasteiger partial charge is 0.261 e. The topological polar surface area (TPSA) is 87.7 Å². The fourth-order valence-electron chi connectivity index (χ4n) is 3.36. The van der Waals surface area contributed by atoms with Crippen molar-refractivity contribution in [1.29, 1.82) is 0 Å². The van der Waals surface area contributed by atoms with Crippen LogP contribution >= 0.6 is 0 Å². The van der Waals surface area contributed by atoms with Crippen molar-refractivity contribution >= 4 is 21.6 Å². The van der Waals surface area contributed by atoms with Crippen molar-refractivity contribution in [2.45, 2.75) is 17.9 Å². The number of aryl methyl sites for hydroxylation is 1. The number of carbonyl (C=O) groups is 1. The third-order valence-electron chi connectivity index (χ3n) is 5.29. The van der Waals surface area contributed by atoms with E-state index in [0.717, 1.165) is 16.9 Å². The molecule has 0 radical (unpaired) electrons. The number of ether oxygens (including phenoxy) is 1. The first kappa shape index (κ1) is 24.3. The Bertz CT molecular complexity index is 1190. The van der Waals surface area contributed by atoms with Crippen molar-refractivity contribution in [2.24, 2.45) is 0 Å². The van der Waals surface area contributed by atoms with Gasteiger partial charge in [0.2, 0.25) is 0 Å². The lowest BCUT2D eigenvalue weighted by Crippen LogP contribution is -2.34. The molecule has 0 fully saturated rings. The maximum atomic E-state index is 12.8. The van der Waals surface area contributed by atoms with E-state index in [1.165, 1.54) is 12.1 Å². The van der Waals surface area contributed by atoms with Crippen molar-refractivity contribution in [2.75, 3.05) is 32.5 Å². The minimum atomic E-state index is -3.83. The van der Waals surface area contributed by atoms with Crippen molar-refractivity contribution in [3.63, 3.8) is 0 Å². The molecule has 0 aliphatic heterocycles. The summed E-state index contributed by atoms with van der Waals surface area (Å²) in [7, 11) is 1.66. The van der Waals surface area contributed by atoms with E-state index in [9.17, 15) is 13.2 Å². The molecular formula is C25H29N3O4S. The number of nitrogens with one attached hydrogen (secondary N) is 2. The summed E-state index contributed by atoms with van der Waals surface area (Å²) in [5, 5.41) is 2.91. The molecule has 0 unspecified atom stereocenters. The maximum absolute atomic E-state index is 12.8. The average molecular weight is 468 g/mol. The Balaban J connectivity index is 1.72. The number of likely N-dealkylation sites (N-methyl/N-ethyl adjacent to an activating group) is 1. The van der Waals surface area contributed by atoms with E-state index in [-0.39, 0.29) is 22.4 Å². The second-order valence-electron chi connectivity index (χ2n) is 7.96. The number of hydrogen-bond acceptors (Lipinski definition) is 5. The molecule has 0 aromatic heterocycles. The van der Waals surface area contributed by atoms with E-state index >= 15 is 0 Å². The molecule has 0 aliphatic carbocycles. The van der Waals surface area contributed by atoms with Crippen LogP contribution in [0, 0.1) is 6.92 Å². The summed E-state index contributed by atoms with van der Waals surface area (Å²) in [5.74, 6) is 0.417. The predicted molar refractivity (Wildman–Crippen MR) is 130 cm³/mol. The van der Waals surface area contributed by atoms with E-state index in [4.69, 9.17) is 4.74 Å². The van der Waals surface area contributed by atoms with Gasteiger partial charge in [-0.3, -0.25) is 9.52 Å². The number of amides is 1. The van der Waals surface area contributed by atoms with E-state index in [2.05, 4.69) is 10.0 Å².